The van der Waals surface area contributed by atoms with Crippen LogP contribution in [0, 0.1) is 0 Å². The summed E-state index contributed by atoms with van der Waals surface area (Å²) in [6, 6.07) is 5.69. The summed E-state index contributed by atoms with van der Waals surface area (Å²) in [5.74, 6) is -3.02. The van der Waals surface area contributed by atoms with Crippen molar-refractivity contribution in [1.29, 1.82) is 0 Å². The Morgan fingerprint density at radius 3 is 2.00 bits per heavy atom. The molecular formula is C31H51N6O6-. The predicted octanol–water partition coefficient (Wildman–Crippen LogP) is 1.05. The van der Waals surface area contributed by atoms with Crippen LogP contribution < -0.4 is 32.5 Å². The van der Waals surface area contributed by atoms with Crippen molar-refractivity contribution in [3.8, 4) is 0 Å². The molecule has 0 aliphatic rings. The number of hydrogen-bond donors (Lipinski definition) is 5. The van der Waals surface area contributed by atoms with Crippen LogP contribution in [-0.4, -0.2) is 67.5 Å². The number of methoxy groups -OCH3 is 1. The molecular weight excluding hydrogens is 552 g/mol. The minimum absolute atomic E-state index is 0.0900. The number of aliphatic carboxylic acids is 1. The molecule has 0 aromatic heterocycles. The van der Waals surface area contributed by atoms with E-state index in [1.54, 1.807) is 0 Å². The van der Waals surface area contributed by atoms with E-state index in [1.807, 2.05) is 37.3 Å². The zero-order valence-electron chi connectivity index (χ0n) is 25.9. The molecule has 0 fully saturated rings. The number of benzene rings is 1. The average molecular weight is 604 g/mol. The summed E-state index contributed by atoms with van der Waals surface area (Å²) in [5, 5.41) is 20.5. The normalized spacial score (nSPS) is 13.7. The van der Waals surface area contributed by atoms with Crippen molar-refractivity contribution in [3.05, 3.63) is 35.9 Å². The van der Waals surface area contributed by atoms with Crippen molar-refractivity contribution in [3.63, 3.8) is 0 Å². The van der Waals surface area contributed by atoms with Crippen LogP contribution in [0.2, 0.25) is 0 Å². The highest BCUT2D eigenvalue weighted by Gasteiger charge is 2.30. The number of unbranched alkanes of at least 4 members (excludes halogenated alkanes) is 4. The Morgan fingerprint density at radius 1 is 0.791 bits per heavy atom. The topological polar surface area (TPSA) is 201 Å². The first-order valence-electron chi connectivity index (χ1n) is 15.4. The fourth-order valence-corrected chi connectivity index (χ4v) is 4.65. The van der Waals surface area contributed by atoms with Crippen molar-refractivity contribution in [2.24, 2.45) is 16.5 Å². The number of carboxylic acid groups (broad SMARTS) is 1. The van der Waals surface area contributed by atoms with Crippen molar-refractivity contribution in [1.82, 2.24) is 16.0 Å². The molecule has 0 saturated heterocycles. The number of aryl methyl sites for hydroxylation is 1. The highest BCUT2D eigenvalue weighted by molar-refractivity contribution is 5.92. The lowest BCUT2D eigenvalue weighted by Gasteiger charge is -2.28. The Kier molecular flexibility index (Phi) is 19.1. The Morgan fingerprint density at radius 2 is 1.40 bits per heavy atom. The second kappa shape index (κ2) is 21.9. The maximum absolute atomic E-state index is 13.7. The lowest BCUT2D eigenvalue weighted by Crippen LogP contribution is -2.58. The van der Waals surface area contributed by atoms with Gasteiger partial charge in [0.25, 0.3) is 0 Å². The number of nitrogens with one attached hydrogen (secondary N) is 3. The quantitative estimate of drug-likeness (QED) is 0.0525. The van der Waals surface area contributed by atoms with E-state index in [9.17, 15) is 24.3 Å². The van der Waals surface area contributed by atoms with E-state index in [1.165, 1.54) is 7.11 Å². The first-order chi connectivity index (χ1) is 20.6. The second-order valence-corrected chi connectivity index (χ2v) is 10.7. The van der Waals surface area contributed by atoms with Gasteiger partial charge in [-0.25, -0.2) is 4.79 Å². The number of rotatable bonds is 23. The van der Waals surface area contributed by atoms with Gasteiger partial charge >= 0.3 is 5.97 Å². The number of guanidine groups is 1. The second-order valence-electron chi connectivity index (χ2n) is 10.7. The van der Waals surface area contributed by atoms with Crippen LogP contribution in [-0.2, 0) is 30.3 Å². The first kappa shape index (κ1) is 37.4. The molecule has 4 atom stereocenters. The number of nitrogens with two attached hydrogens (primary N) is 2. The van der Waals surface area contributed by atoms with Gasteiger partial charge in [0.2, 0.25) is 11.8 Å². The smallest absolute Gasteiger partial charge is 0.328 e. The van der Waals surface area contributed by atoms with Gasteiger partial charge in [-0.05, 0) is 44.1 Å². The van der Waals surface area contributed by atoms with Crippen molar-refractivity contribution >= 4 is 29.7 Å². The molecule has 0 radical (unpaired) electrons. The molecule has 0 saturated carbocycles. The van der Waals surface area contributed by atoms with Crippen LogP contribution in [0.25, 0.3) is 0 Å². The van der Waals surface area contributed by atoms with Gasteiger partial charge in [-0.15, -0.1) is 0 Å². The molecule has 7 N–H and O–H groups in total. The van der Waals surface area contributed by atoms with Gasteiger partial charge in [0.05, 0.1) is 19.1 Å². The molecule has 1 aromatic carbocycles. The van der Waals surface area contributed by atoms with Gasteiger partial charge in [-0.2, -0.15) is 0 Å². The maximum Gasteiger partial charge on any atom is 0.328 e. The third-order valence-corrected chi connectivity index (χ3v) is 7.14. The van der Waals surface area contributed by atoms with E-state index in [2.05, 4.69) is 27.9 Å². The lowest BCUT2D eigenvalue weighted by molar-refractivity contribution is -0.308. The number of carbonyl (C=O) groups excluding carboxylic acids is 4. The first-order valence-corrected chi connectivity index (χ1v) is 15.4. The third-order valence-electron chi connectivity index (χ3n) is 7.14. The van der Waals surface area contributed by atoms with Crippen LogP contribution in [0.5, 0.6) is 0 Å². The predicted molar refractivity (Wildman–Crippen MR) is 165 cm³/mol. The summed E-state index contributed by atoms with van der Waals surface area (Å²) in [5.41, 5.74) is 11.8. The number of esters is 1. The van der Waals surface area contributed by atoms with Crippen LogP contribution in [0.4, 0.5) is 0 Å². The summed E-state index contributed by atoms with van der Waals surface area (Å²) < 4.78 is 4.86. The summed E-state index contributed by atoms with van der Waals surface area (Å²) >= 11 is 0. The van der Waals surface area contributed by atoms with Crippen molar-refractivity contribution in [2.75, 3.05) is 13.7 Å². The van der Waals surface area contributed by atoms with E-state index < -0.39 is 47.9 Å². The molecule has 12 nitrogen and oxygen atoms in total. The molecule has 1 aromatic rings. The number of nitrogens with zero attached hydrogens (tertiary/aromatic N) is 1. The molecule has 43 heavy (non-hydrogen) atoms. The van der Waals surface area contributed by atoms with E-state index in [0.29, 0.717) is 38.5 Å². The minimum Gasteiger partial charge on any atom is -0.548 e. The van der Waals surface area contributed by atoms with Gasteiger partial charge in [0.15, 0.2) is 5.96 Å². The van der Waals surface area contributed by atoms with E-state index in [4.69, 9.17) is 16.2 Å². The largest absolute Gasteiger partial charge is 0.548 e. The van der Waals surface area contributed by atoms with Crippen molar-refractivity contribution < 1.29 is 29.0 Å². The summed E-state index contributed by atoms with van der Waals surface area (Å²) in [7, 11) is 1.25. The highest BCUT2D eigenvalue weighted by Crippen LogP contribution is 2.11. The van der Waals surface area contributed by atoms with Gasteiger partial charge in [-0.3, -0.25) is 19.9 Å². The molecule has 0 bridgehead atoms. The zero-order chi connectivity index (χ0) is 32.0. The number of ether oxygens (including phenoxy) is 1. The Bertz CT molecular complexity index is 1000. The molecule has 12 heteroatoms. The molecule has 242 valence electrons. The van der Waals surface area contributed by atoms with Gasteiger partial charge in [0, 0.05) is 12.6 Å². The highest BCUT2D eigenvalue weighted by atomic mass is 16.5. The average Bonchev–Trinajstić information content (AvgIpc) is 2.99. The zero-order valence-corrected chi connectivity index (χ0v) is 25.9. The van der Waals surface area contributed by atoms with Crippen molar-refractivity contribution in [2.45, 2.75) is 115 Å². The lowest BCUT2D eigenvalue weighted by atomic mass is 10.0. The number of aliphatic imine (C=N–C) groups is 1. The Balaban J connectivity index is 3.17. The fourth-order valence-electron chi connectivity index (χ4n) is 4.65. The SMILES string of the molecule is CCCCCCC(N[C@@H](CCc1ccccc1)C(=O)N[C@@H](CCCN=C(N)N)C(=O)N[C@@H](CCCC)C(=O)OC)C(=O)[O-]. The standard InChI is InChI=1S/C31H52N6O6/c1-4-6-8-12-17-25(29(40)41)35-24(20-19-22-14-10-9-11-15-22)28(39)36-23(18-13-21-34-31(32)33)27(38)37-26(16-7-5-2)30(42)43-3/h9-11,14-15,23-26,35H,4-8,12-13,16-21H2,1-3H3,(H,36,39)(H,37,38)(H,40,41)(H4,32,33,34)/p-1/t23-,24-,25?,26-/m0/s1. The Hall–Kier alpha value is -3.67. The molecule has 0 spiro atoms. The molecule has 2 amide bonds. The summed E-state index contributed by atoms with van der Waals surface area (Å²) in [6.07, 6.45) is 7.10. The number of hydrogen-bond acceptors (Lipinski definition) is 8. The van der Waals surface area contributed by atoms with E-state index >= 15 is 0 Å². The minimum atomic E-state index is -1.28. The Labute approximate surface area is 255 Å². The van der Waals surface area contributed by atoms with Crippen LogP contribution >= 0.6 is 0 Å². The maximum atomic E-state index is 13.7. The van der Waals surface area contributed by atoms with E-state index in [-0.39, 0.29) is 25.3 Å². The molecule has 0 heterocycles. The monoisotopic (exact) mass is 603 g/mol. The van der Waals surface area contributed by atoms with Gasteiger partial charge in [-0.1, -0.05) is 82.7 Å². The third kappa shape index (κ3) is 15.9. The molecule has 1 rings (SSSR count). The number of carbonyl (C=O) groups is 4. The summed E-state index contributed by atoms with van der Waals surface area (Å²) in [6.45, 7) is 4.27. The number of amides is 2. The number of carboxylic acids is 1. The van der Waals surface area contributed by atoms with Gasteiger partial charge in [0.1, 0.15) is 12.1 Å². The summed E-state index contributed by atoms with van der Waals surface area (Å²) in [4.78, 5) is 55.4. The fraction of sp³-hybridized carbons (Fsp3) is 0.645. The van der Waals surface area contributed by atoms with Crippen LogP contribution in [0.1, 0.15) is 90.0 Å². The van der Waals surface area contributed by atoms with Gasteiger partial charge < -0.3 is 36.7 Å². The van der Waals surface area contributed by atoms with Crippen LogP contribution in [0.3, 0.4) is 0 Å². The molecule has 0 aliphatic heterocycles. The van der Waals surface area contributed by atoms with Crippen LogP contribution in [0.15, 0.2) is 35.3 Å². The van der Waals surface area contributed by atoms with E-state index in [0.717, 1.165) is 31.2 Å². The molecule has 0 aliphatic carbocycles. The molecule has 1 unspecified atom stereocenters.